The Balaban J connectivity index is 3.06. The molecule has 0 aliphatic rings. The summed E-state index contributed by atoms with van der Waals surface area (Å²) in [6.07, 6.45) is 3.43. The van der Waals surface area contributed by atoms with E-state index in [-0.39, 0.29) is 11.3 Å². The highest BCUT2D eigenvalue weighted by atomic mass is 16.3. The second kappa shape index (κ2) is 4.23. The molecule has 3 N–H and O–H groups in total. The molecular formula is C10H9NO3. The number of carbonyl (C=O) groups excluding carboxylic acids is 2. The molecule has 14 heavy (non-hydrogen) atoms. The molecule has 1 amide bonds. The van der Waals surface area contributed by atoms with Gasteiger partial charge in [0, 0.05) is 0 Å². The van der Waals surface area contributed by atoms with Crippen LogP contribution in [-0.2, 0) is 4.79 Å². The van der Waals surface area contributed by atoms with E-state index in [4.69, 9.17) is 5.73 Å². The Morgan fingerprint density at radius 2 is 2.14 bits per heavy atom. The highest BCUT2D eigenvalue weighted by Gasteiger charge is 2.06. The number of carbonyl (C=O) groups is 2. The predicted molar refractivity (Wildman–Crippen MR) is 51.7 cm³/mol. The molecular weight excluding hydrogens is 182 g/mol. The van der Waals surface area contributed by atoms with Crippen molar-refractivity contribution in [1.82, 2.24) is 0 Å². The van der Waals surface area contributed by atoms with Gasteiger partial charge in [0.1, 0.15) is 12.0 Å². The van der Waals surface area contributed by atoms with Crippen molar-refractivity contribution in [1.29, 1.82) is 0 Å². The molecule has 4 heteroatoms. The number of aldehydes is 1. The first kappa shape index (κ1) is 9.98. The number of hydrogen-bond donors (Lipinski definition) is 2. The number of phenols is 1. The van der Waals surface area contributed by atoms with Crippen LogP contribution in [0.2, 0.25) is 0 Å². The molecule has 0 bridgehead atoms. The van der Waals surface area contributed by atoms with E-state index in [0.29, 0.717) is 11.8 Å². The van der Waals surface area contributed by atoms with Crippen molar-refractivity contribution >= 4 is 18.3 Å². The van der Waals surface area contributed by atoms with Gasteiger partial charge < -0.3 is 10.8 Å². The topological polar surface area (TPSA) is 80.4 Å². The summed E-state index contributed by atoms with van der Waals surface area (Å²) < 4.78 is 0. The second-order valence-corrected chi connectivity index (χ2v) is 2.64. The summed E-state index contributed by atoms with van der Waals surface area (Å²) in [7, 11) is 0. The van der Waals surface area contributed by atoms with E-state index < -0.39 is 5.91 Å². The minimum Gasteiger partial charge on any atom is -0.507 e. The van der Waals surface area contributed by atoms with E-state index >= 15 is 0 Å². The minimum absolute atomic E-state index is 0.0632. The van der Waals surface area contributed by atoms with E-state index in [1.54, 1.807) is 6.07 Å². The first-order chi connectivity index (χ1) is 6.65. The molecule has 0 aromatic heterocycles. The molecule has 1 aromatic carbocycles. The summed E-state index contributed by atoms with van der Waals surface area (Å²) in [6.45, 7) is 0. The molecule has 0 aliphatic carbocycles. The predicted octanol–water partition coefficient (Wildman–Crippen LogP) is 0.703. The van der Waals surface area contributed by atoms with Gasteiger partial charge in [0.05, 0.1) is 5.56 Å². The Morgan fingerprint density at radius 3 is 2.64 bits per heavy atom. The van der Waals surface area contributed by atoms with Gasteiger partial charge >= 0.3 is 0 Å². The van der Waals surface area contributed by atoms with Crippen LogP contribution in [0.25, 0.3) is 6.08 Å². The Bertz CT molecular complexity index is 396. The number of rotatable bonds is 3. The zero-order valence-electron chi connectivity index (χ0n) is 7.31. The Morgan fingerprint density at radius 1 is 1.43 bits per heavy atom. The number of aromatic hydroxyl groups is 1. The van der Waals surface area contributed by atoms with Crippen LogP contribution in [0.4, 0.5) is 0 Å². The number of amides is 1. The molecule has 0 heterocycles. The Hall–Kier alpha value is -2.10. The van der Waals surface area contributed by atoms with E-state index in [1.165, 1.54) is 24.3 Å². The van der Waals surface area contributed by atoms with Gasteiger partial charge in [-0.15, -0.1) is 0 Å². The summed E-state index contributed by atoms with van der Waals surface area (Å²) in [4.78, 5) is 20.7. The average Bonchev–Trinajstić information content (AvgIpc) is 2.14. The molecule has 72 valence electrons. The van der Waals surface area contributed by atoms with Gasteiger partial charge in [-0.25, -0.2) is 0 Å². The fourth-order valence-corrected chi connectivity index (χ4v) is 1.01. The molecule has 4 nitrogen and oxygen atoms in total. The van der Waals surface area contributed by atoms with Gasteiger partial charge in [-0.3, -0.25) is 9.59 Å². The molecule has 0 saturated heterocycles. The Labute approximate surface area is 80.7 Å². The van der Waals surface area contributed by atoms with Crippen LogP contribution in [0.1, 0.15) is 15.9 Å². The molecule has 1 rings (SSSR count). The van der Waals surface area contributed by atoms with Crippen LogP contribution in [0.5, 0.6) is 5.75 Å². The van der Waals surface area contributed by atoms with E-state index in [9.17, 15) is 14.7 Å². The van der Waals surface area contributed by atoms with Crippen molar-refractivity contribution < 1.29 is 14.7 Å². The summed E-state index contributed by atoms with van der Waals surface area (Å²) in [5, 5.41) is 9.34. The lowest BCUT2D eigenvalue weighted by Crippen LogP contribution is -2.10. The fourth-order valence-electron chi connectivity index (χ4n) is 1.01. The zero-order chi connectivity index (χ0) is 10.6. The van der Waals surface area contributed by atoms with Crippen LogP contribution in [0.3, 0.4) is 0 Å². The standard InChI is InChI=1S/C10H9NO3/c11-10(14)8-4-3-7(2-1-5-12)6-9(8)13/h1-6,13H,(H2,11,14)/b2-1+. The van der Waals surface area contributed by atoms with Crippen LogP contribution in [0.15, 0.2) is 24.3 Å². The molecule has 0 saturated carbocycles. The number of allylic oxidation sites excluding steroid dienone is 1. The smallest absolute Gasteiger partial charge is 0.252 e. The molecule has 0 radical (unpaired) electrons. The van der Waals surface area contributed by atoms with Crippen molar-refractivity contribution in [2.75, 3.05) is 0 Å². The largest absolute Gasteiger partial charge is 0.507 e. The molecule has 0 atom stereocenters. The number of benzene rings is 1. The van der Waals surface area contributed by atoms with Gasteiger partial charge in [-0.05, 0) is 23.8 Å². The van der Waals surface area contributed by atoms with Gasteiger partial charge in [-0.2, -0.15) is 0 Å². The van der Waals surface area contributed by atoms with Gasteiger partial charge in [-0.1, -0.05) is 12.1 Å². The normalized spacial score (nSPS) is 10.3. The summed E-state index contributed by atoms with van der Waals surface area (Å²) in [6, 6.07) is 4.35. The van der Waals surface area contributed by atoms with Crippen molar-refractivity contribution in [3.63, 3.8) is 0 Å². The molecule has 0 fully saturated rings. The van der Waals surface area contributed by atoms with Crippen LogP contribution in [-0.4, -0.2) is 17.3 Å². The highest BCUT2D eigenvalue weighted by molar-refractivity contribution is 5.95. The van der Waals surface area contributed by atoms with E-state index in [0.717, 1.165) is 0 Å². The Kier molecular flexibility index (Phi) is 3.01. The second-order valence-electron chi connectivity index (χ2n) is 2.64. The van der Waals surface area contributed by atoms with Crippen molar-refractivity contribution in [3.05, 3.63) is 35.4 Å². The van der Waals surface area contributed by atoms with Gasteiger partial charge in [0.25, 0.3) is 5.91 Å². The minimum atomic E-state index is -0.687. The lowest BCUT2D eigenvalue weighted by atomic mass is 10.1. The average molecular weight is 191 g/mol. The molecule has 0 unspecified atom stereocenters. The van der Waals surface area contributed by atoms with Crippen molar-refractivity contribution in [2.45, 2.75) is 0 Å². The van der Waals surface area contributed by atoms with Gasteiger partial charge in [0.15, 0.2) is 0 Å². The van der Waals surface area contributed by atoms with E-state index in [1.807, 2.05) is 0 Å². The first-order valence-corrected chi connectivity index (χ1v) is 3.90. The molecule has 1 aromatic rings. The lowest BCUT2D eigenvalue weighted by molar-refractivity contribution is -0.104. The molecule has 0 spiro atoms. The monoisotopic (exact) mass is 191 g/mol. The fraction of sp³-hybridized carbons (Fsp3) is 0. The first-order valence-electron chi connectivity index (χ1n) is 3.90. The van der Waals surface area contributed by atoms with Crippen molar-refractivity contribution in [2.24, 2.45) is 5.73 Å². The lowest BCUT2D eigenvalue weighted by Gasteiger charge is -2.00. The number of nitrogens with two attached hydrogens (primary N) is 1. The summed E-state index contributed by atoms with van der Waals surface area (Å²) in [5.74, 6) is -0.876. The van der Waals surface area contributed by atoms with Crippen molar-refractivity contribution in [3.8, 4) is 5.75 Å². The van der Waals surface area contributed by atoms with E-state index in [2.05, 4.69) is 0 Å². The zero-order valence-corrected chi connectivity index (χ0v) is 7.31. The third-order valence-electron chi connectivity index (χ3n) is 1.65. The van der Waals surface area contributed by atoms with Crippen LogP contribution < -0.4 is 5.73 Å². The summed E-state index contributed by atoms with van der Waals surface area (Å²) >= 11 is 0. The summed E-state index contributed by atoms with van der Waals surface area (Å²) in [5.41, 5.74) is 5.68. The van der Waals surface area contributed by atoms with Crippen LogP contribution in [0, 0.1) is 0 Å². The number of hydrogen-bond acceptors (Lipinski definition) is 3. The maximum absolute atomic E-state index is 10.7. The highest BCUT2D eigenvalue weighted by Crippen LogP contribution is 2.18. The third kappa shape index (κ3) is 2.20. The quantitative estimate of drug-likeness (QED) is 0.545. The molecule has 0 aliphatic heterocycles. The third-order valence-corrected chi connectivity index (χ3v) is 1.65. The van der Waals surface area contributed by atoms with Gasteiger partial charge in [0.2, 0.25) is 0 Å². The van der Waals surface area contributed by atoms with Crippen LogP contribution >= 0.6 is 0 Å². The SMILES string of the molecule is NC(=O)c1ccc(/C=C/C=O)cc1O. The maximum Gasteiger partial charge on any atom is 0.252 e. The number of primary amides is 1. The maximum atomic E-state index is 10.7.